The smallest absolute Gasteiger partial charge is 0.270 e. The van der Waals surface area contributed by atoms with Gasteiger partial charge in [0.1, 0.15) is 5.75 Å². The number of benzene rings is 2. The molecule has 2 aromatic rings. The van der Waals surface area contributed by atoms with Crippen LogP contribution in [0.4, 0.5) is 17.1 Å². The van der Waals surface area contributed by atoms with E-state index >= 15 is 0 Å². The van der Waals surface area contributed by atoms with Gasteiger partial charge in [-0.1, -0.05) is 12.1 Å². The third-order valence-corrected chi connectivity index (χ3v) is 3.30. The van der Waals surface area contributed by atoms with Crippen LogP contribution in [0.2, 0.25) is 0 Å². The molecule has 26 heavy (non-hydrogen) atoms. The number of carbonyl (C=O) groups is 2. The molecule has 0 aliphatic carbocycles. The summed E-state index contributed by atoms with van der Waals surface area (Å²) in [7, 11) is 1.49. The molecule has 0 aliphatic heterocycles. The van der Waals surface area contributed by atoms with Gasteiger partial charge in [-0.3, -0.25) is 19.7 Å². The SMILES string of the molecule is COc1ccc(NC(C)=O)c(NC(=O)/C=C/c2cccc([N+](=O)[O-])c2)c1. The molecule has 0 fully saturated rings. The van der Waals surface area contributed by atoms with Gasteiger partial charge in [-0.2, -0.15) is 0 Å². The number of carbonyl (C=O) groups excluding carboxylic acids is 2. The van der Waals surface area contributed by atoms with Crippen LogP contribution in [-0.2, 0) is 9.59 Å². The van der Waals surface area contributed by atoms with Crippen LogP contribution in [0.3, 0.4) is 0 Å². The molecule has 0 heterocycles. The molecule has 8 nitrogen and oxygen atoms in total. The topological polar surface area (TPSA) is 111 Å². The molecule has 0 atom stereocenters. The van der Waals surface area contributed by atoms with Gasteiger partial charge in [0, 0.05) is 31.2 Å². The summed E-state index contributed by atoms with van der Waals surface area (Å²) in [6.45, 7) is 1.36. The van der Waals surface area contributed by atoms with E-state index in [0.29, 0.717) is 22.7 Å². The van der Waals surface area contributed by atoms with E-state index in [2.05, 4.69) is 10.6 Å². The van der Waals surface area contributed by atoms with Crippen molar-refractivity contribution >= 4 is 35.0 Å². The highest BCUT2D eigenvalue weighted by atomic mass is 16.6. The van der Waals surface area contributed by atoms with Gasteiger partial charge in [0.25, 0.3) is 5.69 Å². The lowest BCUT2D eigenvalue weighted by Crippen LogP contribution is -2.13. The number of nitro benzene ring substituents is 1. The number of nitrogens with one attached hydrogen (secondary N) is 2. The van der Waals surface area contributed by atoms with Crippen LogP contribution in [0, 0.1) is 10.1 Å². The highest BCUT2D eigenvalue weighted by Gasteiger charge is 2.09. The number of nitrogens with zero attached hydrogens (tertiary/aromatic N) is 1. The Morgan fingerprint density at radius 2 is 1.88 bits per heavy atom. The zero-order chi connectivity index (χ0) is 19.1. The second kappa shape index (κ2) is 8.43. The number of anilines is 2. The zero-order valence-electron chi connectivity index (χ0n) is 14.2. The Balaban J connectivity index is 2.17. The average Bonchev–Trinajstić information content (AvgIpc) is 2.61. The van der Waals surface area contributed by atoms with Crippen molar-refractivity contribution in [1.82, 2.24) is 0 Å². The summed E-state index contributed by atoms with van der Waals surface area (Å²) in [5.74, 6) is -0.230. The number of non-ortho nitro benzene ring substituents is 1. The van der Waals surface area contributed by atoms with E-state index in [0.717, 1.165) is 0 Å². The molecule has 8 heteroatoms. The second-order valence-electron chi connectivity index (χ2n) is 5.27. The summed E-state index contributed by atoms with van der Waals surface area (Å²) >= 11 is 0. The van der Waals surface area contributed by atoms with Crippen LogP contribution >= 0.6 is 0 Å². The first-order valence-electron chi connectivity index (χ1n) is 7.58. The molecule has 0 saturated heterocycles. The van der Waals surface area contributed by atoms with Crippen LogP contribution in [0.15, 0.2) is 48.5 Å². The van der Waals surface area contributed by atoms with Gasteiger partial charge < -0.3 is 15.4 Å². The van der Waals surface area contributed by atoms with Crippen LogP contribution in [0.1, 0.15) is 12.5 Å². The van der Waals surface area contributed by atoms with E-state index in [1.54, 1.807) is 24.3 Å². The van der Waals surface area contributed by atoms with Crippen molar-refractivity contribution in [3.63, 3.8) is 0 Å². The molecule has 0 saturated carbocycles. The fraction of sp³-hybridized carbons (Fsp3) is 0.111. The molecule has 0 aliphatic rings. The lowest BCUT2D eigenvalue weighted by atomic mass is 10.2. The van der Waals surface area contributed by atoms with Crippen LogP contribution in [-0.4, -0.2) is 23.8 Å². The summed E-state index contributed by atoms with van der Waals surface area (Å²) in [6, 6.07) is 10.7. The van der Waals surface area contributed by atoms with E-state index < -0.39 is 10.8 Å². The second-order valence-corrected chi connectivity index (χ2v) is 5.27. The minimum atomic E-state index is -0.507. The van der Waals surface area contributed by atoms with Crippen molar-refractivity contribution in [1.29, 1.82) is 0 Å². The average molecular weight is 355 g/mol. The Bertz CT molecular complexity index is 877. The molecule has 0 radical (unpaired) electrons. The fourth-order valence-corrected chi connectivity index (χ4v) is 2.14. The van der Waals surface area contributed by atoms with Crippen molar-refractivity contribution < 1.29 is 19.2 Å². The molecule has 2 aromatic carbocycles. The van der Waals surface area contributed by atoms with Gasteiger partial charge in [-0.05, 0) is 23.8 Å². The Morgan fingerprint density at radius 3 is 2.54 bits per heavy atom. The number of hydrogen-bond donors (Lipinski definition) is 2. The Morgan fingerprint density at radius 1 is 1.12 bits per heavy atom. The number of amides is 2. The molecule has 0 aromatic heterocycles. The molecule has 0 spiro atoms. The van der Waals surface area contributed by atoms with E-state index in [9.17, 15) is 19.7 Å². The predicted molar refractivity (Wildman–Crippen MR) is 98.1 cm³/mol. The van der Waals surface area contributed by atoms with E-state index in [-0.39, 0.29) is 11.6 Å². The molecule has 2 N–H and O–H groups in total. The van der Waals surface area contributed by atoms with Crippen molar-refractivity contribution in [3.8, 4) is 5.75 Å². The third kappa shape index (κ3) is 5.17. The fourth-order valence-electron chi connectivity index (χ4n) is 2.14. The van der Waals surface area contributed by atoms with Crippen LogP contribution < -0.4 is 15.4 Å². The van der Waals surface area contributed by atoms with E-state index in [4.69, 9.17) is 4.74 Å². The Labute approximate surface area is 149 Å². The lowest BCUT2D eigenvalue weighted by Gasteiger charge is -2.12. The monoisotopic (exact) mass is 355 g/mol. The summed E-state index contributed by atoms with van der Waals surface area (Å²) < 4.78 is 5.12. The van der Waals surface area contributed by atoms with Gasteiger partial charge in [0.2, 0.25) is 11.8 Å². The van der Waals surface area contributed by atoms with Gasteiger partial charge >= 0.3 is 0 Å². The highest BCUT2D eigenvalue weighted by Crippen LogP contribution is 2.27. The maximum absolute atomic E-state index is 12.2. The first-order chi connectivity index (χ1) is 12.4. The molecule has 2 amide bonds. The highest BCUT2D eigenvalue weighted by molar-refractivity contribution is 6.05. The number of ether oxygens (including phenoxy) is 1. The molecule has 0 unspecified atom stereocenters. The van der Waals surface area contributed by atoms with Gasteiger partial charge in [0.15, 0.2) is 0 Å². The predicted octanol–water partition coefficient (Wildman–Crippen LogP) is 3.21. The minimum Gasteiger partial charge on any atom is -0.497 e. The minimum absolute atomic E-state index is 0.0618. The van der Waals surface area contributed by atoms with Gasteiger partial charge in [0.05, 0.1) is 23.4 Å². The van der Waals surface area contributed by atoms with Crippen LogP contribution in [0.5, 0.6) is 5.75 Å². The molecular formula is C18H17N3O5. The van der Waals surface area contributed by atoms with Crippen molar-refractivity contribution in [2.75, 3.05) is 17.7 Å². The lowest BCUT2D eigenvalue weighted by molar-refractivity contribution is -0.384. The number of nitro groups is 1. The largest absolute Gasteiger partial charge is 0.497 e. The molecular weight excluding hydrogens is 338 g/mol. The van der Waals surface area contributed by atoms with E-state index in [1.165, 1.54) is 44.4 Å². The molecule has 0 bridgehead atoms. The summed E-state index contributed by atoms with van der Waals surface area (Å²) in [5, 5.41) is 16.0. The first kappa shape index (κ1) is 18.7. The Kier molecular flexibility index (Phi) is 6.05. The summed E-state index contributed by atoms with van der Waals surface area (Å²) in [5.41, 5.74) is 1.25. The quantitative estimate of drug-likeness (QED) is 0.469. The maximum Gasteiger partial charge on any atom is 0.270 e. The summed E-state index contributed by atoms with van der Waals surface area (Å²) in [4.78, 5) is 33.7. The van der Waals surface area contributed by atoms with Gasteiger partial charge in [-0.25, -0.2) is 0 Å². The van der Waals surface area contributed by atoms with Gasteiger partial charge in [-0.15, -0.1) is 0 Å². The zero-order valence-corrected chi connectivity index (χ0v) is 14.2. The molecule has 134 valence electrons. The summed E-state index contributed by atoms with van der Waals surface area (Å²) in [6.07, 6.45) is 2.71. The maximum atomic E-state index is 12.2. The standard InChI is InChI=1S/C18H17N3O5/c1-12(22)19-16-8-7-15(26-2)11-17(16)20-18(23)9-6-13-4-3-5-14(10-13)21(24)25/h3-11H,1-2H3,(H,19,22)(H,20,23)/b9-6+. The normalized spacial score (nSPS) is 10.4. The first-order valence-corrected chi connectivity index (χ1v) is 7.58. The van der Waals surface area contributed by atoms with E-state index in [1.807, 2.05) is 0 Å². The molecule has 2 rings (SSSR count). The van der Waals surface area contributed by atoms with Crippen molar-refractivity contribution in [2.45, 2.75) is 6.92 Å². The van der Waals surface area contributed by atoms with Crippen molar-refractivity contribution in [3.05, 3.63) is 64.2 Å². The number of hydrogen-bond acceptors (Lipinski definition) is 5. The number of rotatable bonds is 6. The van der Waals surface area contributed by atoms with Crippen LogP contribution in [0.25, 0.3) is 6.08 Å². The number of methoxy groups -OCH3 is 1. The van der Waals surface area contributed by atoms with Crippen molar-refractivity contribution in [2.24, 2.45) is 0 Å². The Hall–Kier alpha value is -3.68. The third-order valence-electron chi connectivity index (χ3n) is 3.30.